The van der Waals surface area contributed by atoms with Crippen molar-refractivity contribution < 1.29 is 14.0 Å². The highest BCUT2D eigenvalue weighted by Gasteiger charge is 2.27. The van der Waals surface area contributed by atoms with Crippen molar-refractivity contribution in [1.29, 1.82) is 5.26 Å². The van der Waals surface area contributed by atoms with Crippen LogP contribution in [0, 0.1) is 24.1 Å². The highest BCUT2D eigenvalue weighted by molar-refractivity contribution is 6.01. The van der Waals surface area contributed by atoms with E-state index in [-0.39, 0.29) is 11.8 Å². The second kappa shape index (κ2) is 9.03. The molecular formula is C26H22FN3O2. The summed E-state index contributed by atoms with van der Waals surface area (Å²) < 4.78 is 13.9. The fourth-order valence-electron chi connectivity index (χ4n) is 3.91. The van der Waals surface area contributed by atoms with Crippen molar-refractivity contribution in [3.8, 4) is 17.2 Å². The van der Waals surface area contributed by atoms with Crippen LogP contribution in [0.15, 0.2) is 66.7 Å². The summed E-state index contributed by atoms with van der Waals surface area (Å²) in [5.74, 6) is -0.778. The van der Waals surface area contributed by atoms with Crippen LogP contribution < -0.4 is 0 Å². The van der Waals surface area contributed by atoms with Crippen molar-refractivity contribution in [2.24, 2.45) is 0 Å². The molecule has 1 saturated heterocycles. The summed E-state index contributed by atoms with van der Waals surface area (Å²) in [6, 6.07) is 21.1. The Morgan fingerprint density at radius 3 is 2.09 bits per heavy atom. The lowest BCUT2D eigenvalue weighted by Gasteiger charge is -2.35. The Morgan fingerprint density at radius 2 is 1.44 bits per heavy atom. The average molecular weight is 427 g/mol. The maximum atomic E-state index is 13.9. The van der Waals surface area contributed by atoms with Gasteiger partial charge in [-0.25, -0.2) is 4.39 Å². The number of aryl methyl sites for hydroxylation is 1. The smallest absolute Gasteiger partial charge is 0.254 e. The first-order chi connectivity index (χ1) is 15.5. The summed E-state index contributed by atoms with van der Waals surface area (Å²) in [5.41, 5.74) is 3.27. The molecule has 0 saturated carbocycles. The lowest BCUT2D eigenvalue weighted by molar-refractivity contribution is 0.0535. The van der Waals surface area contributed by atoms with Gasteiger partial charge in [-0.3, -0.25) is 9.59 Å². The standard InChI is InChI=1S/C26H22FN3O2/c1-18-10-11-19(16-24(18)27)25(31)29-12-14-30(15-13-29)26(32)23-9-5-4-8-22(23)21-7-3-2-6-20(21)17-28/h2-11,16H,12-15H2,1H3. The van der Waals surface area contributed by atoms with E-state index in [0.29, 0.717) is 59.6 Å². The Morgan fingerprint density at radius 1 is 0.844 bits per heavy atom. The summed E-state index contributed by atoms with van der Waals surface area (Å²) in [6.07, 6.45) is 0. The van der Waals surface area contributed by atoms with Gasteiger partial charge in [0.05, 0.1) is 11.6 Å². The molecule has 160 valence electrons. The first-order valence-corrected chi connectivity index (χ1v) is 10.4. The predicted molar refractivity (Wildman–Crippen MR) is 120 cm³/mol. The van der Waals surface area contributed by atoms with E-state index in [1.807, 2.05) is 24.3 Å². The molecule has 0 aliphatic carbocycles. The maximum Gasteiger partial charge on any atom is 0.254 e. The second-order valence-corrected chi connectivity index (χ2v) is 7.75. The molecular weight excluding hydrogens is 405 g/mol. The van der Waals surface area contributed by atoms with Crippen LogP contribution in [0.1, 0.15) is 31.8 Å². The van der Waals surface area contributed by atoms with Gasteiger partial charge in [-0.05, 0) is 42.3 Å². The number of nitrogens with zero attached hydrogens (tertiary/aromatic N) is 3. The minimum absolute atomic E-state index is 0.137. The van der Waals surface area contributed by atoms with Crippen LogP contribution in [-0.4, -0.2) is 47.8 Å². The Bertz CT molecular complexity index is 1220. The molecule has 0 spiro atoms. The Hall–Kier alpha value is -3.98. The molecule has 6 heteroatoms. The first-order valence-electron chi connectivity index (χ1n) is 10.4. The number of piperazine rings is 1. The third kappa shape index (κ3) is 4.10. The highest BCUT2D eigenvalue weighted by Crippen LogP contribution is 2.28. The third-order valence-corrected chi connectivity index (χ3v) is 5.77. The molecule has 32 heavy (non-hydrogen) atoms. The van der Waals surface area contributed by atoms with E-state index in [1.54, 1.807) is 53.1 Å². The molecule has 0 unspecified atom stereocenters. The van der Waals surface area contributed by atoms with E-state index in [4.69, 9.17) is 0 Å². The zero-order valence-corrected chi connectivity index (χ0v) is 17.7. The van der Waals surface area contributed by atoms with Crippen molar-refractivity contribution in [3.05, 3.63) is 94.8 Å². The number of benzene rings is 3. The number of amides is 2. The van der Waals surface area contributed by atoms with Crippen LogP contribution in [0.2, 0.25) is 0 Å². The molecule has 0 aromatic heterocycles. The summed E-state index contributed by atoms with van der Waals surface area (Å²) in [4.78, 5) is 29.4. The van der Waals surface area contributed by atoms with Crippen LogP contribution in [-0.2, 0) is 0 Å². The van der Waals surface area contributed by atoms with Crippen LogP contribution in [0.25, 0.3) is 11.1 Å². The second-order valence-electron chi connectivity index (χ2n) is 7.75. The van der Waals surface area contributed by atoms with Crippen molar-refractivity contribution in [2.45, 2.75) is 6.92 Å². The number of halogens is 1. The summed E-state index contributed by atoms with van der Waals surface area (Å²) in [5, 5.41) is 9.46. The molecule has 3 aromatic rings. The molecule has 1 aliphatic rings. The molecule has 0 radical (unpaired) electrons. The van der Waals surface area contributed by atoms with Gasteiger partial charge in [0, 0.05) is 42.9 Å². The van der Waals surface area contributed by atoms with Gasteiger partial charge in [-0.1, -0.05) is 42.5 Å². The number of hydrogen-bond acceptors (Lipinski definition) is 3. The SMILES string of the molecule is Cc1ccc(C(=O)N2CCN(C(=O)c3ccccc3-c3ccccc3C#N)CC2)cc1F. The van der Waals surface area contributed by atoms with Crippen LogP contribution in [0.5, 0.6) is 0 Å². The quantitative estimate of drug-likeness (QED) is 0.627. The van der Waals surface area contributed by atoms with Gasteiger partial charge < -0.3 is 9.80 Å². The highest BCUT2D eigenvalue weighted by atomic mass is 19.1. The monoisotopic (exact) mass is 427 g/mol. The molecule has 3 aromatic carbocycles. The van der Waals surface area contributed by atoms with Gasteiger partial charge in [0.15, 0.2) is 0 Å². The Balaban J connectivity index is 1.51. The van der Waals surface area contributed by atoms with Crippen molar-refractivity contribution in [2.75, 3.05) is 26.2 Å². The minimum Gasteiger partial charge on any atom is -0.335 e. The third-order valence-electron chi connectivity index (χ3n) is 5.77. The van der Waals surface area contributed by atoms with E-state index in [0.717, 1.165) is 0 Å². The lowest BCUT2D eigenvalue weighted by atomic mass is 9.95. The van der Waals surface area contributed by atoms with Crippen molar-refractivity contribution in [3.63, 3.8) is 0 Å². The summed E-state index contributed by atoms with van der Waals surface area (Å²) >= 11 is 0. The lowest BCUT2D eigenvalue weighted by Crippen LogP contribution is -2.50. The largest absolute Gasteiger partial charge is 0.335 e. The average Bonchev–Trinajstić information content (AvgIpc) is 2.85. The van der Waals surface area contributed by atoms with Gasteiger partial charge in [0.25, 0.3) is 11.8 Å². The first kappa shape index (κ1) is 21.3. The van der Waals surface area contributed by atoms with Crippen molar-refractivity contribution in [1.82, 2.24) is 9.80 Å². The molecule has 5 nitrogen and oxygen atoms in total. The minimum atomic E-state index is -0.404. The van der Waals surface area contributed by atoms with E-state index >= 15 is 0 Å². The topological polar surface area (TPSA) is 64.4 Å². The van der Waals surface area contributed by atoms with Gasteiger partial charge in [-0.15, -0.1) is 0 Å². The van der Waals surface area contributed by atoms with Gasteiger partial charge in [-0.2, -0.15) is 5.26 Å². The molecule has 1 aliphatic heterocycles. The summed E-state index contributed by atoms with van der Waals surface area (Å²) in [7, 11) is 0. The molecule has 1 fully saturated rings. The van der Waals surface area contributed by atoms with Crippen LogP contribution >= 0.6 is 0 Å². The van der Waals surface area contributed by atoms with E-state index in [9.17, 15) is 19.2 Å². The zero-order valence-electron chi connectivity index (χ0n) is 17.7. The number of carbonyl (C=O) groups is 2. The molecule has 4 rings (SSSR count). The molecule has 2 amide bonds. The molecule has 1 heterocycles. The number of nitriles is 1. The predicted octanol–water partition coefficient (Wildman–Crippen LogP) is 4.27. The van der Waals surface area contributed by atoms with Crippen molar-refractivity contribution >= 4 is 11.8 Å². The maximum absolute atomic E-state index is 13.9. The number of carbonyl (C=O) groups excluding carboxylic acids is 2. The van der Waals surface area contributed by atoms with Crippen LogP contribution in [0.3, 0.4) is 0 Å². The van der Waals surface area contributed by atoms with E-state index in [2.05, 4.69) is 6.07 Å². The molecule has 0 atom stereocenters. The van der Waals surface area contributed by atoms with Crippen LogP contribution in [0.4, 0.5) is 4.39 Å². The molecule has 0 bridgehead atoms. The van der Waals surface area contributed by atoms with Gasteiger partial charge in [0.1, 0.15) is 5.82 Å². The van der Waals surface area contributed by atoms with Gasteiger partial charge >= 0.3 is 0 Å². The number of hydrogen-bond donors (Lipinski definition) is 0. The van der Waals surface area contributed by atoms with E-state index < -0.39 is 5.82 Å². The Labute approximate surface area is 186 Å². The number of rotatable bonds is 3. The fourth-order valence-corrected chi connectivity index (χ4v) is 3.91. The fraction of sp³-hybridized carbons (Fsp3) is 0.192. The molecule has 0 N–H and O–H groups in total. The van der Waals surface area contributed by atoms with E-state index in [1.165, 1.54) is 6.07 Å². The Kier molecular flexibility index (Phi) is 6.00. The van der Waals surface area contributed by atoms with Gasteiger partial charge in [0.2, 0.25) is 0 Å². The summed E-state index contributed by atoms with van der Waals surface area (Å²) in [6.45, 7) is 3.16. The normalized spacial score (nSPS) is 13.5. The zero-order chi connectivity index (χ0) is 22.7.